The number of hydrogen-bond acceptors (Lipinski definition) is 4. The number of halogens is 3. The van der Waals surface area contributed by atoms with Crippen molar-refractivity contribution in [2.45, 2.75) is 45.1 Å². The second-order valence-electron chi connectivity index (χ2n) is 5.81. The molecule has 1 atom stereocenters. The predicted octanol–water partition coefficient (Wildman–Crippen LogP) is 3.23. The van der Waals surface area contributed by atoms with Gasteiger partial charge in [-0.2, -0.15) is 0 Å². The van der Waals surface area contributed by atoms with Crippen molar-refractivity contribution >= 4 is 11.9 Å². The van der Waals surface area contributed by atoms with E-state index in [9.17, 15) is 22.8 Å². The molecule has 0 bridgehead atoms. The van der Waals surface area contributed by atoms with Crippen LogP contribution in [0, 0.1) is 5.82 Å². The lowest BCUT2D eigenvalue weighted by Crippen LogP contribution is -2.53. The van der Waals surface area contributed by atoms with Crippen molar-refractivity contribution < 1.29 is 32.2 Å². The van der Waals surface area contributed by atoms with Gasteiger partial charge in [0.2, 0.25) is 0 Å². The Morgan fingerprint density at radius 3 is 2.13 bits per heavy atom. The van der Waals surface area contributed by atoms with Gasteiger partial charge in [0.05, 0.1) is 6.61 Å². The van der Waals surface area contributed by atoms with Gasteiger partial charge in [-0.15, -0.1) is 0 Å². The molecule has 0 aliphatic rings. The Morgan fingerprint density at radius 2 is 1.70 bits per heavy atom. The van der Waals surface area contributed by atoms with Crippen LogP contribution < -0.4 is 0 Å². The van der Waals surface area contributed by atoms with Crippen LogP contribution in [0.3, 0.4) is 0 Å². The van der Waals surface area contributed by atoms with Gasteiger partial charge in [0, 0.05) is 5.56 Å². The summed E-state index contributed by atoms with van der Waals surface area (Å²) >= 11 is 0. The third-order valence-corrected chi connectivity index (χ3v) is 2.94. The third-order valence-electron chi connectivity index (χ3n) is 2.94. The van der Waals surface area contributed by atoms with Crippen LogP contribution in [-0.4, -0.2) is 30.6 Å². The van der Waals surface area contributed by atoms with E-state index in [1.807, 2.05) is 0 Å². The molecule has 7 heteroatoms. The highest BCUT2D eigenvalue weighted by molar-refractivity contribution is 6.07. The number of rotatable bonds is 5. The zero-order chi connectivity index (χ0) is 17.8. The Hall–Kier alpha value is -2.05. The highest BCUT2D eigenvalue weighted by Gasteiger charge is 2.60. The highest BCUT2D eigenvalue weighted by Crippen LogP contribution is 2.37. The van der Waals surface area contributed by atoms with Crippen LogP contribution in [0.1, 0.15) is 33.3 Å². The first-order chi connectivity index (χ1) is 10.6. The summed E-state index contributed by atoms with van der Waals surface area (Å²) in [6.45, 7) is 5.50. The number of hydrogen-bond donors (Lipinski definition) is 0. The summed E-state index contributed by atoms with van der Waals surface area (Å²) in [7, 11) is 0. The molecule has 0 amide bonds. The van der Waals surface area contributed by atoms with E-state index in [1.54, 1.807) is 0 Å². The van der Waals surface area contributed by atoms with E-state index < -0.39 is 40.8 Å². The molecule has 0 saturated carbocycles. The Balaban J connectivity index is 3.59. The molecule has 0 aliphatic carbocycles. The molecule has 128 valence electrons. The number of ether oxygens (including phenoxy) is 2. The topological polar surface area (TPSA) is 52.6 Å². The predicted molar refractivity (Wildman–Crippen MR) is 76.6 cm³/mol. The van der Waals surface area contributed by atoms with Crippen molar-refractivity contribution in [1.82, 2.24) is 0 Å². The van der Waals surface area contributed by atoms with E-state index in [0.717, 1.165) is 12.1 Å². The lowest BCUT2D eigenvalue weighted by molar-refractivity contribution is -0.181. The van der Waals surface area contributed by atoms with Gasteiger partial charge in [0.25, 0.3) is 11.8 Å². The molecule has 0 aromatic heterocycles. The maximum Gasteiger partial charge on any atom is 0.334 e. The zero-order valence-electron chi connectivity index (χ0n) is 13.4. The van der Waals surface area contributed by atoms with Crippen LogP contribution in [0.15, 0.2) is 24.3 Å². The van der Waals surface area contributed by atoms with Crippen LogP contribution in [0.2, 0.25) is 0 Å². The van der Waals surface area contributed by atoms with Crippen molar-refractivity contribution in [3.8, 4) is 0 Å². The van der Waals surface area contributed by atoms with E-state index in [2.05, 4.69) is 4.74 Å². The van der Waals surface area contributed by atoms with Gasteiger partial charge in [-0.25, -0.2) is 13.2 Å². The maximum absolute atomic E-state index is 14.1. The summed E-state index contributed by atoms with van der Waals surface area (Å²) < 4.78 is 51.4. The second kappa shape index (κ2) is 7.02. The minimum atomic E-state index is -3.55. The summed E-state index contributed by atoms with van der Waals surface area (Å²) in [4.78, 5) is 24.6. The van der Waals surface area contributed by atoms with Gasteiger partial charge >= 0.3 is 11.9 Å². The molecule has 0 aliphatic heterocycles. The normalized spacial score (nSPS) is 14.3. The minimum absolute atomic E-state index is 0.245. The van der Waals surface area contributed by atoms with E-state index in [4.69, 9.17) is 4.74 Å². The van der Waals surface area contributed by atoms with Crippen LogP contribution in [-0.2, 0) is 24.5 Å². The highest BCUT2D eigenvalue weighted by atomic mass is 19.3. The Labute approximate surface area is 132 Å². The standard InChI is InChI=1S/C16H19F3O4/c1-5-22-13(20)16(12(18)19,14(21)23-15(2,3)4)10-8-6-7-9-11(10)17/h6-9,12H,5H2,1-4H3. The van der Waals surface area contributed by atoms with Crippen molar-refractivity contribution in [2.24, 2.45) is 0 Å². The van der Waals surface area contributed by atoms with Crippen LogP contribution in [0.5, 0.6) is 0 Å². The Morgan fingerprint density at radius 1 is 1.13 bits per heavy atom. The van der Waals surface area contributed by atoms with E-state index in [1.165, 1.54) is 39.8 Å². The molecule has 1 aromatic rings. The van der Waals surface area contributed by atoms with Crippen LogP contribution >= 0.6 is 0 Å². The number of esters is 2. The first kappa shape index (κ1) is 19.0. The van der Waals surface area contributed by atoms with Crippen LogP contribution in [0.4, 0.5) is 13.2 Å². The van der Waals surface area contributed by atoms with E-state index >= 15 is 0 Å². The minimum Gasteiger partial charge on any atom is -0.465 e. The molecule has 1 rings (SSSR count). The average molecular weight is 332 g/mol. The summed E-state index contributed by atoms with van der Waals surface area (Å²) in [5.41, 5.74) is -5.09. The molecule has 0 spiro atoms. The van der Waals surface area contributed by atoms with Gasteiger partial charge < -0.3 is 9.47 Å². The third kappa shape index (κ3) is 3.83. The number of carbonyl (C=O) groups excluding carboxylic acids is 2. The molecule has 1 unspecified atom stereocenters. The van der Waals surface area contributed by atoms with Gasteiger partial charge in [0.1, 0.15) is 11.4 Å². The van der Waals surface area contributed by atoms with E-state index in [0.29, 0.717) is 0 Å². The van der Waals surface area contributed by atoms with Crippen LogP contribution in [0.25, 0.3) is 0 Å². The first-order valence-electron chi connectivity index (χ1n) is 7.01. The monoisotopic (exact) mass is 332 g/mol. The van der Waals surface area contributed by atoms with Crippen molar-refractivity contribution in [3.63, 3.8) is 0 Å². The summed E-state index contributed by atoms with van der Waals surface area (Å²) in [6.07, 6.45) is -3.55. The summed E-state index contributed by atoms with van der Waals surface area (Å²) in [5, 5.41) is 0. The van der Waals surface area contributed by atoms with Gasteiger partial charge in [-0.05, 0) is 33.8 Å². The molecule has 1 aromatic carbocycles. The fourth-order valence-corrected chi connectivity index (χ4v) is 1.98. The van der Waals surface area contributed by atoms with Crippen molar-refractivity contribution in [1.29, 1.82) is 0 Å². The summed E-state index contributed by atoms with van der Waals surface area (Å²) in [6, 6.07) is 4.34. The summed E-state index contributed by atoms with van der Waals surface area (Å²) in [5.74, 6) is -4.22. The molecular weight excluding hydrogens is 313 g/mol. The average Bonchev–Trinajstić information content (AvgIpc) is 2.39. The zero-order valence-corrected chi connectivity index (χ0v) is 13.4. The Bertz CT molecular complexity index is 581. The number of carbonyl (C=O) groups is 2. The smallest absolute Gasteiger partial charge is 0.334 e. The SMILES string of the molecule is CCOC(=O)C(C(=O)OC(C)(C)C)(c1ccccc1F)C(F)F. The van der Waals surface area contributed by atoms with Crippen molar-refractivity contribution in [3.05, 3.63) is 35.6 Å². The molecule has 23 heavy (non-hydrogen) atoms. The largest absolute Gasteiger partial charge is 0.465 e. The maximum atomic E-state index is 14.1. The van der Waals surface area contributed by atoms with E-state index in [-0.39, 0.29) is 6.61 Å². The molecule has 0 radical (unpaired) electrons. The van der Waals surface area contributed by atoms with Gasteiger partial charge in [-0.1, -0.05) is 18.2 Å². The second-order valence-corrected chi connectivity index (χ2v) is 5.81. The van der Waals surface area contributed by atoms with Crippen molar-refractivity contribution in [2.75, 3.05) is 6.61 Å². The fraction of sp³-hybridized carbons (Fsp3) is 0.500. The molecular formula is C16H19F3O4. The molecule has 0 fully saturated rings. The molecule has 0 heterocycles. The van der Waals surface area contributed by atoms with Gasteiger partial charge in [0.15, 0.2) is 0 Å². The molecule has 0 N–H and O–H groups in total. The number of alkyl halides is 2. The lowest BCUT2D eigenvalue weighted by atomic mass is 9.80. The molecule has 4 nitrogen and oxygen atoms in total. The Kier molecular flexibility index (Phi) is 5.80. The number of benzene rings is 1. The quantitative estimate of drug-likeness (QED) is 0.614. The lowest BCUT2D eigenvalue weighted by Gasteiger charge is -2.32. The first-order valence-corrected chi connectivity index (χ1v) is 7.01. The van der Waals surface area contributed by atoms with Gasteiger partial charge in [-0.3, -0.25) is 9.59 Å². The fourth-order valence-electron chi connectivity index (χ4n) is 1.98. The molecule has 0 saturated heterocycles.